The Kier molecular flexibility index (Phi) is 5.28. The van der Waals surface area contributed by atoms with Crippen molar-refractivity contribution in [3.8, 4) is 0 Å². The lowest BCUT2D eigenvalue weighted by molar-refractivity contribution is -0.137. The molecule has 2 nitrogen and oxygen atoms in total. The Morgan fingerprint density at radius 3 is 2.10 bits per heavy atom. The molecule has 0 aliphatic carbocycles. The van der Waals surface area contributed by atoms with Gasteiger partial charge in [-0.1, -0.05) is 53.5 Å². The number of alkyl halides is 3. The van der Waals surface area contributed by atoms with E-state index in [4.69, 9.17) is 23.2 Å². The summed E-state index contributed by atoms with van der Waals surface area (Å²) in [7, 11) is 0. The van der Waals surface area contributed by atoms with Crippen molar-refractivity contribution in [1.29, 1.82) is 0 Å². The van der Waals surface area contributed by atoms with E-state index in [1.54, 1.807) is 35.3 Å². The summed E-state index contributed by atoms with van der Waals surface area (Å²) < 4.78 is 39.7. The average Bonchev–Trinajstić information content (AvgIpc) is 3.14. The molecule has 0 bridgehead atoms. The van der Waals surface area contributed by atoms with E-state index in [2.05, 4.69) is 5.10 Å². The lowest BCUT2D eigenvalue weighted by atomic mass is 9.98. The molecule has 29 heavy (non-hydrogen) atoms. The van der Waals surface area contributed by atoms with Gasteiger partial charge in [-0.25, -0.2) is 0 Å². The Labute approximate surface area is 176 Å². The molecule has 1 atom stereocenters. The van der Waals surface area contributed by atoms with E-state index in [9.17, 15) is 13.2 Å². The number of halogens is 5. The highest BCUT2D eigenvalue weighted by atomic mass is 35.5. The van der Waals surface area contributed by atoms with Gasteiger partial charge in [0.2, 0.25) is 0 Å². The predicted octanol–water partition coefficient (Wildman–Crippen LogP) is 7.37. The summed E-state index contributed by atoms with van der Waals surface area (Å²) in [6.45, 7) is 0. The van der Waals surface area contributed by atoms with Gasteiger partial charge in [-0.2, -0.15) is 18.3 Å². The second-order valence-electron chi connectivity index (χ2n) is 6.72. The zero-order chi connectivity index (χ0) is 20.6. The third-order valence-corrected chi connectivity index (χ3v) is 5.28. The first-order valence-electron chi connectivity index (χ1n) is 8.86. The van der Waals surface area contributed by atoms with Crippen molar-refractivity contribution >= 4 is 34.6 Å². The molecular weight excluding hydrogens is 420 g/mol. The molecule has 148 valence electrons. The Balaban J connectivity index is 1.77. The minimum atomic E-state index is -4.42. The maximum Gasteiger partial charge on any atom is 0.416 e. The highest BCUT2D eigenvalue weighted by molar-refractivity contribution is 6.31. The van der Waals surface area contributed by atoms with Crippen molar-refractivity contribution in [3.63, 3.8) is 0 Å². The van der Waals surface area contributed by atoms with Crippen molar-refractivity contribution in [2.45, 2.75) is 18.6 Å². The van der Waals surface area contributed by atoms with E-state index in [1.807, 2.05) is 24.3 Å². The molecule has 0 spiro atoms. The molecule has 3 aromatic rings. The Hall–Kier alpha value is -2.50. The molecule has 3 aromatic carbocycles. The van der Waals surface area contributed by atoms with Crippen LogP contribution >= 0.6 is 23.2 Å². The molecule has 0 aromatic heterocycles. The summed E-state index contributed by atoms with van der Waals surface area (Å²) in [6.07, 6.45) is -3.88. The third-order valence-electron chi connectivity index (χ3n) is 4.78. The minimum absolute atomic E-state index is 0.249. The largest absolute Gasteiger partial charge is 0.416 e. The Morgan fingerprint density at radius 1 is 0.862 bits per heavy atom. The summed E-state index contributed by atoms with van der Waals surface area (Å²) in [5, 5.41) is 7.51. The number of hydrazone groups is 1. The lowest BCUT2D eigenvalue weighted by Gasteiger charge is -2.24. The first-order chi connectivity index (χ1) is 13.8. The van der Waals surface area contributed by atoms with E-state index in [-0.39, 0.29) is 6.04 Å². The molecule has 1 heterocycles. The molecule has 1 aliphatic rings. The van der Waals surface area contributed by atoms with Crippen LogP contribution in [0.4, 0.5) is 18.9 Å². The van der Waals surface area contributed by atoms with Gasteiger partial charge < -0.3 is 0 Å². The molecule has 0 N–H and O–H groups in total. The van der Waals surface area contributed by atoms with Crippen molar-refractivity contribution < 1.29 is 13.2 Å². The van der Waals surface area contributed by atoms with E-state index < -0.39 is 11.7 Å². The lowest BCUT2D eigenvalue weighted by Crippen LogP contribution is -2.19. The molecule has 1 aliphatic heterocycles. The van der Waals surface area contributed by atoms with Crippen LogP contribution in [0, 0.1) is 0 Å². The fourth-order valence-electron chi connectivity index (χ4n) is 3.33. The summed E-state index contributed by atoms with van der Waals surface area (Å²) in [5.74, 6) is 0. The van der Waals surface area contributed by atoms with Crippen molar-refractivity contribution in [2.75, 3.05) is 5.01 Å². The normalized spacial score (nSPS) is 16.8. The van der Waals surface area contributed by atoms with Crippen LogP contribution in [0.15, 0.2) is 77.9 Å². The summed E-state index contributed by atoms with van der Waals surface area (Å²) in [4.78, 5) is 0. The topological polar surface area (TPSA) is 15.6 Å². The molecule has 0 saturated heterocycles. The van der Waals surface area contributed by atoms with Crippen LogP contribution in [0.25, 0.3) is 0 Å². The number of hydrogen-bond donors (Lipinski definition) is 0. The number of benzene rings is 3. The fourth-order valence-corrected chi connectivity index (χ4v) is 3.59. The maximum atomic E-state index is 13.2. The van der Waals surface area contributed by atoms with Gasteiger partial charge in [-0.15, -0.1) is 0 Å². The number of rotatable bonds is 3. The van der Waals surface area contributed by atoms with Crippen LogP contribution in [0.5, 0.6) is 0 Å². The molecule has 0 fully saturated rings. The standard InChI is InChI=1S/C22H15Cl2F3N2/c23-17-8-4-14(5-9-17)20-13-21(15-6-10-18(24)11-7-15)29(28-20)19-3-1-2-16(12-19)22(25,26)27/h1-12,21H,13H2/t21-/m1/s1. The molecule has 0 radical (unpaired) electrons. The second-order valence-corrected chi connectivity index (χ2v) is 7.59. The van der Waals surface area contributed by atoms with Crippen LogP contribution in [0.2, 0.25) is 10.0 Å². The van der Waals surface area contributed by atoms with E-state index in [0.29, 0.717) is 22.2 Å². The van der Waals surface area contributed by atoms with Gasteiger partial charge >= 0.3 is 6.18 Å². The average molecular weight is 435 g/mol. The van der Waals surface area contributed by atoms with Crippen LogP contribution in [0.3, 0.4) is 0 Å². The van der Waals surface area contributed by atoms with Crippen LogP contribution < -0.4 is 5.01 Å². The predicted molar refractivity (Wildman–Crippen MR) is 111 cm³/mol. The summed E-state index contributed by atoms with van der Waals surface area (Å²) in [6, 6.07) is 19.5. The molecule has 0 amide bonds. The Morgan fingerprint density at radius 2 is 1.48 bits per heavy atom. The van der Waals surface area contributed by atoms with Gasteiger partial charge in [0.1, 0.15) is 0 Å². The maximum absolute atomic E-state index is 13.2. The number of nitrogens with zero attached hydrogens (tertiary/aromatic N) is 2. The molecule has 4 rings (SSSR count). The van der Waals surface area contributed by atoms with Gasteiger partial charge in [0, 0.05) is 16.5 Å². The van der Waals surface area contributed by atoms with E-state index in [0.717, 1.165) is 29.0 Å². The highest BCUT2D eigenvalue weighted by Gasteiger charge is 2.34. The Bertz CT molecular complexity index is 1040. The van der Waals surface area contributed by atoms with Gasteiger partial charge in [0.05, 0.1) is 23.0 Å². The van der Waals surface area contributed by atoms with E-state index >= 15 is 0 Å². The monoisotopic (exact) mass is 434 g/mol. The minimum Gasteiger partial charge on any atom is -0.257 e. The van der Waals surface area contributed by atoms with Crippen LogP contribution in [-0.2, 0) is 6.18 Å². The van der Waals surface area contributed by atoms with Crippen molar-refractivity contribution in [1.82, 2.24) is 0 Å². The first-order valence-corrected chi connectivity index (χ1v) is 9.62. The van der Waals surface area contributed by atoms with Crippen LogP contribution in [-0.4, -0.2) is 5.71 Å². The highest BCUT2D eigenvalue weighted by Crippen LogP contribution is 2.39. The zero-order valence-corrected chi connectivity index (χ0v) is 16.5. The number of anilines is 1. The van der Waals surface area contributed by atoms with Crippen molar-refractivity contribution in [2.24, 2.45) is 5.10 Å². The summed E-state index contributed by atoms with van der Waals surface area (Å²) in [5.41, 5.74) is 2.24. The van der Waals surface area contributed by atoms with Crippen LogP contribution in [0.1, 0.15) is 29.2 Å². The van der Waals surface area contributed by atoms with Crippen molar-refractivity contribution in [3.05, 3.63) is 99.5 Å². The van der Waals surface area contributed by atoms with Gasteiger partial charge in [-0.05, 0) is 53.6 Å². The zero-order valence-electron chi connectivity index (χ0n) is 15.0. The SMILES string of the molecule is FC(F)(F)c1cccc(N2N=C(c3ccc(Cl)cc3)C[C@@H]2c2ccc(Cl)cc2)c1. The smallest absolute Gasteiger partial charge is 0.257 e. The first kappa shape index (κ1) is 19.8. The number of hydrogen-bond acceptors (Lipinski definition) is 2. The summed E-state index contributed by atoms with van der Waals surface area (Å²) >= 11 is 12.0. The van der Waals surface area contributed by atoms with Gasteiger partial charge in [-0.3, -0.25) is 5.01 Å². The van der Waals surface area contributed by atoms with E-state index in [1.165, 1.54) is 6.07 Å². The quantitative estimate of drug-likeness (QED) is 0.420. The molecule has 0 unspecified atom stereocenters. The third kappa shape index (κ3) is 4.26. The second kappa shape index (κ2) is 7.73. The van der Waals surface area contributed by atoms with Gasteiger partial charge in [0.15, 0.2) is 0 Å². The molecule has 0 saturated carbocycles. The molecule has 7 heteroatoms. The molecular formula is C22H15Cl2F3N2. The van der Waals surface area contributed by atoms with Gasteiger partial charge in [0.25, 0.3) is 0 Å². The fraction of sp³-hybridized carbons (Fsp3) is 0.136.